The summed E-state index contributed by atoms with van der Waals surface area (Å²) in [4.78, 5) is 0. The predicted octanol–water partition coefficient (Wildman–Crippen LogP) is 4.73. The van der Waals surface area contributed by atoms with Crippen molar-refractivity contribution in [3.63, 3.8) is 0 Å². The second-order valence-corrected chi connectivity index (χ2v) is 10.1. The summed E-state index contributed by atoms with van der Waals surface area (Å²) in [6.07, 6.45) is 0. The minimum absolute atomic E-state index is 0.324. The molecular weight excluding hydrogens is 240 g/mol. The van der Waals surface area contributed by atoms with Gasteiger partial charge in [0.2, 0.25) is 0 Å². The molecule has 0 heterocycles. The first-order valence-electron chi connectivity index (χ1n) is 6.67. The molecule has 1 rings (SSSR count). The molecule has 0 aliphatic rings. The van der Waals surface area contributed by atoms with E-state index in [1.54, 1.807) is 6.07 Å². The Hall–Kier alpha value is -0.850. The number of phenols is 1. The maximum atomic E-state index is 9.59. The largest absolute Gasteiger partial charge is 0.508 e. The zero-order chi connectivity index (χ0) is 13.9. The van der Waals surface area contributed by atoms with Gasteiger partial charge in [-0.05, 0) is 33.9 Å². The van der Waals surface area contributed by atoms with Crippen LogP contribution in [0.15, 0.2) is 24.3 Å². The summed E-state index contributed by atoms with van der Waals surface area (Å²) in [6.45, 7) is 13.8. The molecule has 0 amide bonds. The first-order chi connectivity index (χ1) is 8.30. The Morgan fingerprint density at radius 2 is 1.44 bits per heavy atom. The van der Waals surface area contributed by atoms with Gasteiger partial charge in [0, 0.05) is 5.56 Å². The van der Waals surface area contributed by atoms with Crippen LogP contribution in [0.5, 0.6) is 5.75 Å². The van der Waals surface area contributed by atoms with E-state index in [0.29, 0.717) is 21.5 Å². The third kappa shape index (κ3) is 2.93. The van der Waals surface area contributed by atoms with Gasteiger partial charge in [-0.3, -0.25) is 0 Å². The Morgan fingerprint density at radius 3 is 1.83 bits per heavy atom. The fraction of sp³-hybridized carbons (Fsp3) is 0.562. The van der Waals surface area contributed by atoms with Crippen LogP contribution in [0.2, 0.25) is 0 Å². The molecular formula is C16H26OS. The summed E-state index contributed by atoms with van der Waals surface area (Å²) in [7, 11) is -0.977. The van der Waals surface area contributed by atoms with Crippen molar-refractivity contribution in [2.24, 2.45) is 0 Å². The average molecular weight is 266 g/mol. The average Bonchev–Trinajstić information content (AvgIpc) is 2.24. The standard InChI is InChI=1S/C16H26OS/c1-12(2)18(13(3)4,14(5)6)11-15-8-7-9-16(17)10-15/h7-10,12-14,17H,1-6H3. The number of benzene rings is 1. The first-order valence-corrected chi connectivity index (χ1v) is 8.49. The van der Waals surface area contributed by atoms with Crippen LogP contribution in [0.25, 0.3) is 0 Å². The molecule has 0 aliphatic heterocycles. The quantitative estimate of drug-likeness (QED) is 0.720. The monoisotopic (exact) mass is 266 g/mol. The van der Waals surface area contributed by atoms with E-state index in [1.807, 2.05) is 18.2 Å². The van der Waals surface area contributed by atoms with Crippen molar-refractivity contribution >= 4 is 9.44 Å². The summed E-state index contributed by atoms with van der Waals surface area (Å²) in [5.41, 5.74) is 1.03. The van der Waals surface area contributed by atoms with Gasteiger partial charge in [-0.15, -0.1) is 0 Å². The summed E-state index contributed by atoms with van der Waals surface area (Å²) < 4.78 is 0. The van der Waals surface area contributed by atoms with Crippen LogP contribution in [-0.2, 0) is 0 Å². The van der Waals surface area contributed by atoms with Crippen molar-refractivity contribution < 1.29 is 5.11 Å². The molecule has 0 bridgehead atoms. The van der Waals surface area contributed by atoms with Gasteiger partial charge in [0.1, 0.15) is 5.75 Å². The van der Waals surface area contributed by atoms with Crippen LogP contribution in [0.3, 0.4) is 0 Å². The Bertz CT molecular complexity index is 479. The molecule has 102 valence electrons. The molecule has 0 fully saturated rings. The van der Waals surface area contributed by atoms with Gasteiger partial charge in [0.05, 0.1) is 0 Å². The highest BCUT2D eigenvalue weighted by atomic mass is 32.2. The fourth-order valence-electron chi connectivity index (χ4n) is 2.76. The molecule has 0 saturated heterocycles. The van der Waals surface area contributed by atoms with Gasteiger partial charge >= 0.3 is 0 Å². The third-order valence-corrected chi connectivity index (χ3v) is 8.75. The van der Waals surface area contributed by atoms with Crippen LogP contribution >= 0.6 is 9.44 Å². The molecule has 0 spiro atoms. The molecule has 0 saturated carbocycles. The summed E-state index contributed by atoms with van der Waals surface area (Å²) >= 11 is 0. The molecule has 0 aromatic heterocycles. The Balaban J connectivity index is 3.54. The zero-order valence-electron chi connectivity index (χ0n) is 12.4. The molecule has 1 aromatic rings. The maximum absolute atomic E-state index is 9.59. The van der Waals surface area contributed by atoms with E-state index in [9.17, 15) is 5.11 Å². The van der Waals surface area contributed by atoms with Crippen molar-refractivity contribution in [3.8, 4) is 10.9 Å². The molecule has 1 N–H and O–H groups in total. The van der Waals surface area contributed by atoms with Gasteiger partial charge in [-0.1, -0.05) is 52.8 Å². The smallest absolute Gasteiger partial charge is 0.116 e. The highest BCUT2D eigenvalue weighted by Crippen LogP contribution is 2.48. The SMILES string of the molecule is CC(C)S(#Cc1cccc(O)c1)(C(C)C)C(C)C. The van der Waals surface area contributed by atoms with E-state index in [-0.39, 0.29) is 0 Å². The molecule has 0 radical (unpaired) electrons. The molecule has 2 heteroatoms. The molecule has 0 aliphatic carbocycles. The van der Waals surface area contributed by atoms with Crippen LogP contribution in [0.1, 0.15) is 47.1 Å². The highest BCUT2D eigenvalue weighted by molar-refractivity contribution is 8.25. The van der Waals surface area contributed by atoms with Crippen LogP contribution in [0.4, 0.5) is 0 Å². The van der Waals surface area contributed by atoms with E-state index in [0.717, 1.165) is 5.56 Å². The van der Waals surface area contributed by atoms with Gasteiger partial charge < -0.3 is 5.11 Å². The van der Waals surface area contributed by atoms with Crippen molar-refractivity contribution in [3.05, 3.63) is 29.8 Å². The molecule has 18 heavy (non-hydrogen) atoms. The van der Waals surface area contributed by atoms with Gasteiger partial charge in [0.15, 0.2) is 0 Å². The number of rotatable bonds is 0. The zero-order valence-corrected chi connectivity index (χ0v) is 13.2. The lowest BCUT2D eigenvalue weighted by molar-refractivity contribution is 0.475. The van der Waals surface area contributed by atoms with Crippen LogP contribution in [0, 0.1) is 5.18 Å². The fourth-order valence-corrected chi connectivity index (χ4v) is 7.27. The highest BCUT2D eigenvalue weighted by Gasteiger charge is 2.24. The summed E-state index contributed by atoms with van der Waals surface area (Å²) in [5.74, 6) is 0.324. The van der Waals surface area contributed by atoms with Gasteiger partial charge in [-0.2, -0.15) is 9.44 Å². The topological polar surface area (TPSA) is 20.2 Å². The Morgan fingerprint density at radius 1 is 0.944 bits per heavy atom. The molecule has 0 unspecified atom stereocenters. The van der Waals surface area contributed by atoms with Crippen molar-refractivity contribution in [1.82, 2.24) is 0 Å². The summed E-state index contributed by atoms with van der Waals surface area (Å²) in [5, 5.41) is 15.1. The third-order valence-electron chi connectivity index (χ3n) is 3.48. The van der Waals surface area contributed by atoms with Crippen molar-refractivity contribution in [2.75, 3.05) is 0 Å². The molecule has 1 nitrogen and oxygen atoms in total. The van der Waals surface area contributed by atoms with Gasteiger partial charge in [-0.25, -0.2) is 0 Å². The first kappa shape index (κ1) is 15.2. The lowest BCUT2D eigenvalue weighted by atomic mass is 10.2. The van der Waals surface area contributed by atoms with E-state index in [4.69, 9.17) is 0 Å². The minimum Gasteiger partial charge on any atom is -0.508 e. The second kappa shape index (κ2) is 5.86. The number of hydrogen-bond donors (Lipinski definition) is 1. The van der Waals surface area contributed by atoms with E-state index in [1.165, 1.54) is 0 Å². The Kier molecular flexibility index (Phi) is 4.95. The van der Waals surface area contributed by atoms with E-state index >= 15 is 0 Å². The van der Waals surface area contributed by atoms with Crippen molar-refractivity contribution in [1.29, 1.82) is 0 Å². The molecule has 1 aromatic carbocycles. The van der Waals surface area contributed by atoms with E-state index in [2.05, 4.69) is 46.7 Å². The predicted molar refractivity (Wildman–Crippen MR) is 84.1 cm³/mol. The minimum atomic E-state index is -0.977. The number of hydrogen-bond acceptors (Lipinski definition) is 1. The number of aromatic hydroxyl groups is 1. The number of phenolic OH excluding ortho intramolecular Hbond substituents is 1. The lowest BCUT2D eigenvalue weighted by Gasteiger charge is -2.37. The van der Waals surface area contributed by atoms with Gasteiger partial charge in [0.25, 0.3) is 0 Å². The van der Waals surface area contributed by atoms with E-state index < -0.39 is 9.44 Å². The van der Waals surface area contributed by atoms with Crippen LogP contribution in [-0.4, -0.2) is 20.9 Å². The Labute approximate surface area is 113 Å². The van der Waals surface area contributed by atoms with Crippen molar-refractivity contribution in [2.45, 2.75) is 57.3 Å². The van der Waals surface area contributed by atoms with Crippen LogP contribution < -0.4 is 0 Å². The molecule has 0 atom stereocenters. The maximum Gasteiger partial charge on any atom is 0.116 e. The normalized spacial score (nSPS) is 12.3. The lowest BCUT2D eigenvalue weighted by Crippen LogP contribution is -2.20. The summed E-state index contributed by atoms with van der Waals surface area (Å²) in [6, 6.07) is 7.45. The second-order valence-electron chi connectivity index (χ2n) is 5.56.